The number of hydrogen-bond acceptors (Lipinski definition) is 5. The number of nitrogens with zero attached hydrogens (tertiary/aromatic N) is 2. The summed E-state index contributed by atoms with van der Waals surface area (Å²) in [5.41, 5.74) is 10.3. The molecule has 5 rings (SSSR count). The van der Waals surface area contributed by atoms with Crippen LogP contribution in [0.15, 0.2) is 71.5 Å². The van der Waals surface area contributed by atoms with Gasteiger partial charge in [0.15, 0.2) is 5.69 Å². The zero-order valence-corrected chi connectivity index (χ0v) is 18.0. The fourth-order valence-corrected chi connectivity index (χ4v) is 3.85. The number of carbonyl (C=O) groups is 1. The molecule has 8 heteroatoms. The van der Waals surface area contributed by atoms with Gasteiger partial charge in [0, 0.05) is 29.2 Å². The van der Waals surface area contributed by atoms with Crippen LogP contribution in [0, 0.1) is 0 Å². The van der Waals surface area contributed by atoms with Crippen LogP contribution in [0.2, 0.25) is 0 Å². The summed E-state index contributed by atoms with van der Waals surface area (Å²) in [4.78, 5) is 37.8. The van der Waals surface area contributed by atoms with E-state index in [4.69, 9.17) is 10.5 Å². The molecule has 2 aromatic heterocycles. The van der Waals surface area contributed by atoms with E-state index < -0.39 is 0 Å². The maximum Gasteiger partial charge on any atom is 0.276 e. The van der Waals surface area contributed by atoms with Gasteiger partial charge in [-0.25, -0.2) is 4.98 Å². The number of nitrogen functional groups attached to an aromatic ring is 1. The third kappa shape index (κ3) is 3.47. The highest BCUT2D eigenvalue weighted by atomic mass is 16.5. The number of para-hydroxylation sites is 2. The molecule has 0 spiro atoms. The Hall–Kier alpha value is -4.59. The molecule has 5 aromatic rings. The monoisotopic (exact) mass is 439 g/mol. The summed E-state index contributed by atoms with van der Waals surface area (Å²) in [6.07, 6.45) is 0. The molecule has 0 unspecified atom stereocenters. The summed E-state index contributed by atoms with van der Waals surface area (Å²) in [6.45, 7) is 0. The smallest absolute Gasteiger partial charge is 0.276 e. The number of aromatic amines is 2. The van der Waals surface area contributed by atoms with Crippen LogP contribution in [0.5, 0.6) is 5.75 Å². The van der Waals surface area contributed by atoms with E-state index in [0.717, 1.165) is 5.69 Å². The summed E-state index contributed by atoms with van der Waals surface area (Å²) in [6, 6.07) is 19.7. The zero-order valence-electron chi connectivity index (χ0n) is 18.0. The molecule has 0 fully saturated rings. The quantitative estimate of drug-likeness (QED) is 0.392. The Morgan fingerprint density at radius 2 is 1.76 bits per heavy atom. The molecule has 0 bridgehead atoms. The Morgan fingerprint density at radius 3 is 2.52 bits per heavy atom. The lowest BCUT2D eigenvalue weighted by Crippen LogP contribution is -2.26. The van der Waals surface area contributed by atoms with Crippen LogP contribution in [0.4, 0.5) is 11.4 Å². The second-order valence-electron chi connectivity index (χ2n) is 7.67. The maximum atomic E-state index is 13.1. The summed E-state index contributed by atoms with van der Waals surface area (Å²) >= 11 is 0. The number of fused-ring (bicyclic) bond motifs is 2. The van der Waals surface area contributed by atoms with Gasteiger partial charge in [0.1, 0.15) is 5.75 Å². The minimum Gasteiger partial charge on any atom is -0.497 e. The predicted molar refractivity (Wildman–Crippen MR) is 130 cm³/mol. The van der Waals surface area contributed by atoms with Gasteiger partial charge in [-0.3, -0.25) is 9.59 Å². The molecule has 2 heterocycles. The average Bonchev–Trinajstić information content (AvgIpc) is 3.18. The van der Waals surface area contributed by atoms with Gasteiger partial charge < -0.3 is 25.3 Å². The van der Waals surface area contributed by atoms with Crippen molar-refractivity contribution in [3.05, 3.63) is 82.6 Å². The van der Waals surface area contributed by atoms with Crippen molar-refractivity contribution in [3.8, 4) is 17.1 Å². The van der Waals surface area contributed by atoms with Crippen molar-refractivity contribution >= 4 is 39.2 Å². The van der Waals surface area contributed by atoms with Crippen LogP contribution in [-0.2, 0) is 0 Å². The molecule has 0 atom stereocenters. The number of methoxy groups -OCH3 is 1. The topological polar surface area (TPSA) is 117 Å². The first kappa shape index (κ1) is 20.3. The molecule has 164 valence electrons. The number of aromatic nitrogens is 3. The molecule has 0 saturated carbocycles. The van der Waals surface area contributed by atoms with E-state index in [9.17, 15) is 9.59 Å². The van der Waals surface area contributed by atoms with Crippen LogP contribution >= 0.6 is 0 Å². The number of benzene rings is 3. The van der Waals surface area contributed by atoms with Crippen LogP contribution in [0.1, 0.15) is 10.4 Å². The molecular formula is C25H21N5O3. The third-order valence-electron chi connectivity index (χ3n) is 5.69. The van der Waals surface area contributed by atoms with Gasteiger partial charge in [-0.15, -0.1) is 0 Å². The Kier molecular flexibility index (Phi) is 4.82. The van der Waals surface area contributed by atoms with Crippen LogP contribution < -0.4 is 20.9 Å². The van der Waals surface area contributed by atoms with E-state index in [1.165, 1.54) is 0 Å². The highest BCUT2D eigenvalue weighted by Crippen LogP contribution is 2.32. The fourth-order valence-electron chi connectivity index (χ4n) is 3.85. The maximum absolute atomic E-state index is 13.1. The molecule has 0 radical (unpaired) electrons. The standard InChI is InChI=1S/C25H21N5O3/c1-30(15-8-10-16(33-2)11-9-15)25(32)14-7-12-18-17(13-14)21(26)22(27-18)23-24(31)29-20-6-4-3-5-19(20)28-23/h3-13,27H,26H2,1-2H3,(H,29,31). The molecular weight excluding hydrogens is 418 g/mol. The molecule has 0 aliphatic carbocycles. The largest absolute Gasteiger partial charge is 0.497 e. The van der Waals surface area contributed by atoms with Gasteiger partial charge in [0.25, 0.3) is 11.5 Å². The zero-order chi connectivity index (χ0) is 23.1. The number of hydrogen-bond donors (Lipinski definition) is 3. The van der Waals surface area contributed by atoms with Crippen molar-refractivity contribution in [1.29, 1.82) is 0 Å². The lowest BCUT2D eigenvalue weighted by molar-refractivity contribution is 0.0993. The van der Waals surface area contributed by atoms with Crippen LogP contribution in [-0.4, -0.2) is 35.0 Å². The average molecular weight is 439 g/mol. The highest BCUT2D eigenvalue weighted by Gasteiger charge is 2.19. The predicted octanol–water partition coefficient (Wildman–Crippen LogP) is 3.94. The van der Waals surface area contributed by atoms with Gasteiger partial charge in [0.05, 0.1) is 29.5 Å². The van der Waals surface area contributed by atoms with Gasteiger partial charge in [-0.05, 0) is 54.6 Å². The van der Waals surface area contributed by atoms with Crippen molar-refractivity contribution in [1.82, 2.24) is 15.0 Å². The van der Waals surface area contributed by atoms with Crippen molar-refractivity contribution in [2.24, 2.45) is 0 Å². The van der Waals surface area contributed by atoms with Gasteiger partial charge >= 0.3 is 0 Å². The lowest BCUT2D eigenvalue weighted by Gasteiger charge is -2.18. The fraction of sp³-hybridized carbons (Fsp3) is 0.0800. The first-order valence-electron chi connectivity index (χ1n) is 10.3. The summed E-state index contributed by atoms with van der Waals surface area (Å²) in [7, 11) is 3.30. The first-order chi connectivity index (χ1) is 16.0. The van der Waals surface area contributed by atoms with E-state index in [1.54, 1.807) is 55.5 Å². The van der Waals surface area contributed by atoms with Gasteiger partial charge in [-0.2, -0.15) is 0 Å². The molecule has 0 aliphatic heterocycles. The van der Waals surface area contributed by atoms with E-state index in [-0.39, 0.29) is 17.2 Å². The van der Waals surface area contributed by atoms with E-state index in [1.807, 2.05) is 30.3 Å². The molecule has 0 saturated heterocycles. The lowest BCUT2D eigenvalue weighted by atomic mass is 10.1. The van der Waals surface area contributed by atoms with Crippen LogP contribution in [0.25, 0.3) is 33.3 Å². The number of anilines is 2. The summed E-state index contributed by atoms with van der Waals surface area (Å²) in [5.74, 6) is 0.525. The molecule has 33 heavy (non-hydrogen) atoms. The molecule has 8 nitrogen and oxygen atoms in total. The Balaban J connectivity index is 1.54. The number of rotatable bonds is 4. The minimum absolute atomic E-state index is 0.189. The Morgan fingerprint density at radius 1 is 1.00 bits per heavy atom. The Bertz CT molecular complexity index is 1570. The normalized spacial score (nSPS) is 11.1. The Labute approximate surface area is 188 Å². The molecule has 1 amide bonds. The highest BCUT2D eigenvalue weighted by molar-refractivity contribution is 6.10. The van der Waals surface area contributed by atoms with Gasteiger partial charge in [0.2, 0.25) is 0 Å². The van der Waals surface area contributed by atoms with E-state index >= 15 is 0 Å². The summed E-state index contributed by atoms with van der Waals surface area (Å²) < 4.78 is 5.18. The SMILES string of the molecule is COc1ccc(N(C)C(=O)c2ccc3[nH]c(-c4nc5ccccc5[nH]c4=O)c(N)c3c2)cc1. The van der Waals surface area contributed by atoms with Crippen molar-refractivity contribution in [2.75, 3.05) is 24.8 Å². The number of H-pyrrole nitrogens is 2. The first-order valence-corrected chi connectivity index (χ1v) is 10.3. The third-order valence-corrected chi connectivity index (χ3v) is 5.69. The second-order valence-corrected chi connectivity index (χ2v) is 7.67. The van der Waals surface area contributed by atoms with Crippen molar-refractivity contribution in [2.45, 2.75) is 0 Å². The van der Waals surface area contributed by atoms with E-state index in [2.05, 4.69) is 15.0 Å². The number of carbonyl (C=O) groups excluding carboxylic acids is 1. The van der Waals surface area contributed by atoms with E-state index in [0.29, 0.717) is 44.6 Å². The number of nitrogens with one attached hydrogen (secondary N) is 2. The molecule has 4 N–H and O–H groups in total. The molecule has 0 aliphatic rings. The molecule has 3 aromatic carbocycles. The number of amides is 1. The second kappa shape index (κ2) is 7.83. The number of ether oxygens (including phenoxy) is 1. The van der Waals surface area contributed by atoms with Crippen LogP contribution in [0.3, 0.4) is 0 Å². The summed E-state index contributed by atoms with van der Waals surface area (Å²) in [5, 5.41) is 0.647. The van der Waals surface area contributed by atoms with Gasteiger partial charge in [-0.1, -0.05) is 12.1 Å². The minimum atomic E-state index is -0.345. The number of nitrogens with two attached hydrogens (primary N) is 1. The van der Waals surface area contributed by atoms with Crippen molar-refractivity contribution < 1.29 is 9.53 Å². The van der Waals surface area contributed by atoms with Crippen molar-refractivity contribution in [3.63, 3.8) is 0 Å².